The van der Waals surface area contributed by atoms with Crippen molar-refractivity contribution in [1.82, 2.24) is 0 Å². The van der Waals surface area contributed by atoms with E-state index in [0.29, 0.717) is 39.8 Å². The monoisotopic (exact) mass is 485 g/mol. The summed E-state index contributed by atoms with van der Waals surface area (Å²) in [5.41, 5.74) is 2.68. The minimum absolute atomic E-state index is 0.148. The zero-order valence-corrected chi connectivity index (χ0v) is 18.5. The van der Waals surface area contributed by atoms with Gasteiger partial charge >= 0.3 is 0 Å². The van der Waals surface area contributed by atoms with Crippen LogP contribution in [0.25, 0.3) is 11.6 Å². The Kier molecular flexibility index (Phi) is 7.51. The van der Waals surface area contributed by atoms with E-state index in [1.165, 1.54) is 12.1 Å². The van der Waals surface area contributed by atoms with Gasteiger partial charge in [0.1, 0.15) is 12.4 Å². The number of hydrogen-bond acceptors (Lipinski definition) is 3. The molecule has 6 heteroatoms. The van der Waals surface area contributed by atoms with Crippen molar-refractivity contribution in [2.24, 2.45) is 0 Å². The molecule has 0 atom stereocenters. The highest BCUT2D eigenvalue weighted by Gasteiger charge is 2.13. The predicted molar refractivity (Wildman–Crippen MR) is 121 cm³/mol. The van der Waals surface area contributed by atoms with Crippen LogP contribution in [0.5, 0.6) is 11.5 Å². The van der Waals surface area contributed by atoms with Crippen LogP contribution in [0.1, 0.15) is 23.6 Å². The number of nitrogens with zero attached hydrogens (tertiary/aromatic N) is 1. The van der Waals surface area contributed by atoms with Gasteiger partial charge in [-0.1, -0.05) is 51.8 Å². The smallest absolute Gasteiger partial charge is 0.180 e. The predicted octanol–water partition coefficient (Wildman–Crippen LogP) is 7.28. The maximum absolute atomic E-state index is 13.4. The summed E-state index contributed by atoms with van der Waals surface area (Å²) in [4.78, 5) is 0. The fraction of sp³-hybridized carbons (Fsp3) is 0.125. The van der Waals surface area contributed by atoms with Crippen molar-refractivity contribution < 1.29 is 13.9 Å². The number of nitriles is 1. The molecule has 0 radical (unpaired) electrons. The van der Waals surface area contributed by atoms with Crippen LogP contribution < -0.4 is 9.47 Å². The molecule has 0 aliphatic rings. The second-order valence-electron chi connectivity index (χ2n) is 6.36. The highest BCUT2D eigenvalue weighted by atomic mass is 79.9. The SMILES string of the molecule is CCOc1cc(/C=C(\C#N)c2ccc(Br)cc2)cc(Cl)c1OCc1cccc(F)c1. The van der Waals surface area contributed by atoms with Gasteiger partial charge in [0.25, 0.3) is 0 Å². The zero-order valence-electron chi connectivity index (χ0n) is 16.2. The third kappa shape index (κ3) is 5.63. The highest BCUT2D eigenvalue weighted by Crippen LogP contribution is 2.38. The highest BCUT2D eigenvalue weighted by molar-refractivity contribution is 9.10. The Morgan fingerprint density at radius 2 is 1.90 bits per heavy atom. The molecule has 3 aromatic rings. The lowest BCUT2D eigenvalue weighted by molar-refractivity contribution is 0.269. The van der Waals surface area contributed by atoms with E-state index < -0.39 is 0 Å². The molecule has 0 aromatic heterocycles. The van der Waals surface area contributed by atoms with E-state index in [1.807, 2.05) is 31.2 Å². The van der Waals surface area contributed by atoms with E-state index in [9.17, 15) is 9.65 Å². The standard InChI is InChI=1S/C24H18BrClFNO2/c1-2-29-23-13-17(10-19(14-28)18-6-8-20(25)9-7-18)12-22(26)24(23)30-15-16-4-3-5-21(27)11-16/h3-13H,2,15H2,1H3/b19-10+. The minimum Gasteiger partial charge on any atom is -0.490 e. The van der Waals surface area contributed by atoms with E-state index in [-0.39, 0.29) is 12.4 Å². The number of rotatable bonds is 7. The Morgan fingerprint density at radius 3 is 2.57 bits per heavy atom. The maximum atomic E-state index is 13.4. The summed E-state index contributed by atoms with van der Waals surface area (Å²) in [5, 5.41) is 9.93. The van der Waals surface area contributed by atoms with Crippen LogP contribution in [0.2, 0.25) is 5.02 Å². The van der Waals surface area contributed by atoms with Crippen molar-refractivity contribution in [2.45, 2.75) is 13.5 Å². The second-order valence-corrected chi connectivity index (χ2v) is 7.68. The van der Waals surface area contributed by atoms with Gasteiger partial charge in [-0.05, 0) is 66.1 Å². The van der Waals surface area contributed by atoms with Gasteiger partial charge in [0, 0.05) is 4.47 Å². The number of halogens is 3. The summed E-state index contributed by atoms with van der Waals surface area (Å²) < 4.78 is 25.9. The molecule has 0 N–H and O–H groups in total. The lowest BCUT2D eigenvalue weighted by Gasteiger charge is -2.15. The molecule has 3 nitrogen and oxygen atoms in total. The zero-order chi connectivity index (χ0) is 21.5. The maximum Gasteiger partial charge on any atom is 0.180 e. The van der Waals surface area contributed by atoms with Gasteiger partial charge in [0.05, 0.1) is 23.3 Å². The molecule has 0 bridgehead atoms. The molecule has 0 aliphatic carbocycles. The Hall–Kier alpha value is -2.81. The number of benzene rings is 3. The summed E-state index contributed by atoms with van der Waals surface area (Å²) >= 11 is 9.86. The van der Waals surface area contributed by atoms with Crippen LogP contribution in [0.3, 0.4) is 0 Å². The first-order valence-electron chi connectivity index (χ1n) is 9.21. The number of ether oxygens (including phenoxy) is 2. The largest absolute Gasteiger partial charge is 0.490 e. The summed E-state index contributed by atoms with van der Waals surface area (Å²) in [5.74, 6) is 0.507. The van der Waals surface area contributed by atoms with Crippen molar-refractivity contribution in [3.63, 3.8) is 0 Å². The summed E-state index contributed by atoms with van der Waals surface area (Å²) in [6, 6.07) is 19.4. The van der Waals surface area contributed by atoms with Crippen LogP contribution in [0.15, 0.2) is 65.1 Å². The minimum atomic E-state index is -0.329. The van der Waals surface area contributed by atoms with E-state index in [2.05, 4.69) is 22.0 Å². The van der Waals surface area contributed by atoms with E-state index in [1.54, 1.807) is 30.3 Å². The second kappa shape index (κ2) is 10.3. The van der Waals surface area contributed by atoms with E-state index in [0.717, 1.165) is 10.0 Å². The van der Waals surface area contributed by atoms with Crippen molar-refractivity contribution >= 4 is 39.2 Å². The lowest BCUT2D eigenvalue weighted by Crippen LogP contribution is -2.01. The van der Waals surface area contributed by atoms with Gasteiger partial charge in [-0.3, -0.25) is 0 Å². The van der Waals surface area contributed by atoms with E-state index >= 15 is 0 Å². The molecule has 0 heterocycles. The molecule has 0 aliphatic heterocycles. The Labute approximate surface area is 188 Å². The summed E-state index contributed by atoms with van der Waals surface area (Å²) in [7, 11) is 0. The van der Waals surface area contributed by atoms with Gasteiger partial charge in [0.15, 0.2) is 11.5 Å². The van der Waals surface area contributed by atoms with Crippen LogP contribution in [-0.2, 0) is 6.61 Å². The van der Waals surface area contributed by atoms with Crippen LogP contribution in [0, 0.1) is 17.1 Å². The average Bonchev–Trinajstić information content (AvgIpc) is 2.72. The number of hydrogen-bond donors (Lipinski definition) is 0. The Morgan fingerprint density at radius 1 is 1.13 bits per heavy atom. The van der Waals surface area contributed by atoms with Gasteiger partial charge in [-0.2, -0.15) is 5.26 Å². The first-order valence-corrected chi connectivity index (χ1v) is 10.4. The molecular weight excluding hydrogens is 469 g/mol. The van der Waals surface area contributed by atoms with Crippen molar-refractivity contribution in [3.05, 3.63) is 92.7 Å². The summed E-state index contributed by atoms with van der Waals surface area (Å²) in [6.07, 6.45) is 1.74. The first-order chi connectivity index (χ1) is 14.5. The quantitative estimate of drug-likeness (QED) is 0.260. The number of allylic oxidation sites excluding steroid dienone is 1. The molecule has 0 saturated carbocycles. The molecule has 0 spiro atoms. The molecule has 0 saturated heterocycles. The lowest BCUT2D eigenvalue weighted by atomic mass is 10.0. The molecule has 0 fully saturated rings. The molecule has 3 aromatic carbocycles. The van der Waals surface area contributed by atoms with Crippen molar-refractivity contribution in [1.29, 1.82) is 5.26 Å². The van der Waals surface area contributed by atoms with Gasteiger partial charge < -0.3 is 9.47 Å². The van der Waals surface area contributed by atoms with Crippen molar-refractivity contribution in [3.8, 4) is 17.6 Å². The first kappa shape index (κ1) is 21.9. The van der Waals surface area contributed by atoms with Gasteiger partial charge in [0.2, 0.25) is 0 Å². The Bertz CT molecular complexity index is 1110. The normalized spacial score (nSPS) is 11.1. The van der Waals surface area contributed by atoms with Crippen LogP contribution >= 0.6 is 27.5 Å². The molecule has 3 rings (SSSR count). The van der Waals surface area contributed by atoms with Gasteiger partial charge in [-0.25, -0.2) is 4.39 Å². The topological polar surface area (TPSA) is 42.2 Å². The van der Waals surface area contributed by atoms with E-state index in [4.69, 9.17) is 21.1 Å². The van der Waals surface area contributed by atoms with Crippen LogP contribution in [0.4, 0.5) is 4.39 Å². The molecular formula is C24H18BrClFNO2. The molecule has 0 unspecified atom stereocenters. The average molecular weight is 487 g/mol. The van der Waals surface area contributed by atoms with Crippen LogP contribution in [-0.4, -0.2) is 6.61 Å². The molecule has 152 valence electrons. The fourth-order valence-corrected chi connectivity index (χ4v) is 3.37. The fourth-order valence-electron chi connectivity index (χ4n) is 2.83. The van der Waals surface area contributed by atoms with Crippen molar-refractivity contribution in [2.75, 3.05) is 6.61 Å². The molecule has 30 heavy (non-hydrogen) atoms. The third-order valence-corrected chi connectivity index (χ3v) is 5.00. The van der Waals surface area contributed by atoms with Gasteiger partial charge in [-0.15, -0.1) is 0 Å². The third-order valence-electron chi connectivity index (χ3n) is 4.19. The Balaban J connectivity index is 1.92. The molecule has 0 amide bonds. The summed E-state index contributed by atoms with van der Waals surface area (Å²) in [6.45, 7) is 2.42.